The molecule has 76 valence electrons. The SMILES string of the molecule is Cn1ncnc1CC1(C(=O)O)CCC1. The normalized spacial score (nSPS) is 18.9. The molecule has 0 atom stereocenters. The first-order chi connectivity index (χ1) is 6.64. The number of carboxylic acid groups (broad SMARTS) is 1. The summed E-state index contributed by atoms with van der Waals surface area (Å²) in [4.78, 5) is 15.1. The quantitative estimate of drug-likeness (QED) is 0.767. The van der Waals surface area contributed by atoms with Crippen molar-refractivity contribution >= 4 is 5.97 Å². The number of hydrogen-bond donors (Lipinski definition) is 1. The molecule has 5 nitrogen and oxygen atoms in total. The third-order valence-corrected chi connectivity index (χ3v) is 3.07. The van der Waals surface area contributed by atoms with Crippen LogP contribution in [0, 0.1) is 5.41 Å². The third kappa shape index (κ3) is 1.29. The standard InChI is InChI=1S/C9H13N3O2/c1-12-7(10-6-11-12)5-9(8(13)14)3-2-4-9/h6H,2-5H2,1H3,(H,13,14). The van der Waals surface area contributed by atoms with Gasteiger partial charge in [-0.15, -0.1) is 0 Å². The number of carbonyl (C=O) groups is 1. The van der Waals surface area contributed by atoms with Crippen LogP contribution in [0.15, 0.2) is 6.33 Å². The molecule has 0 spiro atoms. The van der Waals surface area contributed by atoms with Crippen molar-refractivity contribution in [2.45, 2.75) is 25.7 Å². The van der Waals surface area contributed by atoms with Crippen molar-refractivity contribution in [2.75, 3.05) is 0 Å². The Morgan fingerprint density at radius 1 is 1.71 bits per heavy atom. The van der Waals surface area contributed by atoms with E-state index in [1.54, 1.807) is 11.7 Å². The molecule has 1 aliphatic carbocycles. The second kappa shape index (κ2) is 3.08. The Morgan fingerprint density at radius 3 is 2.79 bits per heavy atom. The summed E-state index contributed by atoms with van der Waals surface area (Å²) in [7, 11) is 1.79. The maximum atomic E-state index is 11.1. The van der Waals surface area contributed by atoms with Crippen LogP contribution in [0.5, 0.6) is 0 Å². The molecule has 2 rings (SSSR count). The first kappa shape index (κ1) is 9.18. The van der Waals surface area contributed by atoms with E-state index in [0.29, 0.717) is 6.42 Å². The van der Waals surface area contributed by atoms with Gasteiger partial charge in [0.05, 0.1) is 5.41 Å². The number of hydrogen-bond acceptors (Lipinski definition) is 3. The lowest BCUT2D eigenvalue weighted by Crippen LogP contribution is -2.40. The van der Waals surface area contributed by atoms with Gasteiger partial charge in [0, 0.05) is 13.5 Å². The number of aliphatic carboxylic acids is 1. The van der Waals surface area contributed by atoms with Gasteiger partial charge < -0.3 is 5.11 Å². The molecule has 0 bridgehead atoms. The zero-order valence-corrected chi connectivity index (χ0v) is 8.10. The van der Waals surface area contributed by atoms with E-state index in [9.17, 15) is 4.79 Å². The lowest BCUT2D eigenvalue weighted by Gasteiger charge is -2.37. The zero-order chi connectivity index (χ0) is 10.2. The maximum absolute atomic E-state index is 11.1. The summed E-state index contributed by atoms with van der Waals surface area (Å²) in [6.45, 7) is 0. The van der Waals surface area contributed by atoms with Gasteiger partial charge in [0.25, 0.3) is 0 Å². The molecule has 1 aromatic rings. The first-order valence-electron chi connectivity index (χ1n) is 4.70. The van der Waals surface area contributed by atoms with Crippen molar-refractivity contribution in [1.82, 2.24) is 14.8 Å². The largest absolute Gasteiger partial charge is 0.481 e. The average Bonchev–Trinajstić information content (AvgIpc) is 2.43. The Kier molecular flexibility index (Phi) is 2.02. The minimum Gasteiger partial charge on any atom is -0.481 e. The zero-order valence-electron chi connectivity index (χ0n) is 8.10. The van der Waals surface area contributed by atoms with Crippen LogP contribution in [0.2, 0.25) is 0 Å². The van der Waals surface area contributed by atoms with E-state index in [1.807, 2.05) is 0 Å². The average molecular weight is 195 g/mol. The number of nitrogens with zero attached hydrogens (tertiary/aromatic N) is 3. The molecule has 0 saturated heterocycles. The van der Waals surface area contributed by atoms with Crippen LogP contribution < -0.4 is 0 Å². The summed E-state index contributed by atoms with van der Waals surface area (Å²) in [5.74, 6) is 0.0545. The summed E-state index contributed by atoms with van der Waals surface area (Å²) in [6, 6.07) is 0. The maximum Gasteiger partial charge on any atom is 0.310 e. The number of aryl methyl sites for hydroxylation is 1. The third-order valence-electron chi connectivity index (χ3n) is 3.07. The van der Waals surface area contributed by atoms with Crippen LogP contribution in [0.3, 0.4) is 0 Å². The fraction of sp³-hybridized carbons (Fsp3) is 0.667. The summed E-state index contributed by atoms with van der Waals surface area (Å²) >= 11 is 0. The smallest absolute Gasteiger partial charge is 0.310 e. The van der Waals surface area contributed by atoms with Crippen molar-refractivity contribution in [3.05, 3.63) is 12.2 Å². The predicted octanol–water partition coefficient (Wildman–Crippen LogP) is 0.612. The highest BCUT2D eigenvalue weighted by Crippen LogP contribution is 2.43. The van der Waals surface area contributed by atoms with Gasteiger partial charge in [-0.25, -0.2) is 4.98 Å². The molecule has 1 saturated carbocycles. The monoisotopic (exact) mass is 195 g/mol. The molecule has 1 aromatic heterocycles. The Labute approximate surface area is 81.8 Å². The number of carboxylic acids is 1. The fourth-order valence-electron chi connectivity index (χ4n) is 1.85. The minimum atomic E-state index is -0.702. The van der Waals surface area contributed by atoms with Gasteiger partial charge in [0.1, 0.15) is 12.2 Å². The number of rotatable bonds is 3. The van der Waals surface area contributed by atoms with Gasteiger partial charge >= 0.3 is 5.97 Å². The van der Waals surface area contributed by atoms with Gasteiger partial charge in [-0.05, 0) is 12.8 Å². The van der Waals surface area contributed by atoms with Gasteiger partial charge in [-0.2, -0.15) is 5.10 Å². The van der Waals surface area contributed by atoms with E-state index in [-0.39, 0.29) is 0 Å². The second-order valence-corrected chi connectivity index (χ2v) is 3.92. The molecule has 0 radical (unpaired) electrons. The molecule has 1 heterocycles. The van der Waals surface area contributed by atoms with Crippen molar-refractivity contribution in [3.63, 3.8) is 0 Å². The van der Waals surface area contributed by atoms with E-state index in [4.69, 9.17) is 5.11 Å². The van der Waals surface area contributed by atoms with E-state index in [0.717, 1.165) is 25.1 Å². The summed E-state index contributed by atoms with van der Waals surface area (Å²) < 4.78 is 1.64. The van der Waals surface area contributed by atoms with Crippen molar-refractivity contribution < 1.29 is 9.90 Å². The molecule has 0 aromatic carbocycles. The van der Waals surface area contributed by atoms with Crippen LogP contribution in [0.1, 0.15) is 25.1 Å². The highest BCUT2D eigenvalue weighted by Gasteiger charge is 2.45. The minimum absolute atomic E-state index is 0.499. The lowest BCUT2D eigenvalue weighted by atomic mass is 9.66. The summed E-state index contributed by atoms with van der Waals surface area (Å²) in [6.07, 6.45) is 4.48. The van der Waals surface area contributed by atoms with Crippen LogP contribution in [-0.4, -0.2) is 25.8 Å². The second-order valence-electron chi connectivity index (χ2n) is 3.92. The first-order valence-corrected chi connectivity index (χ1v) is 4.70. The van der Waals surface area contributed by atoms with Gasteiger partial charge in [0.15, 0.2) is 0 Å². The molecule has 0 amide bonds. The lowest BCUT2D eigenvalue weighted by molar-refractivity contribution is -0.154. The Morgan fingerprint density at radius 2 is 2.43 bits per heavy atom. The van der Waals surface area contributed by atoms with Crippen LogP contribution >= 0.6 is 0 Å². The molecule has 1 aliphatic rings. The molecule has 14 heavy (non-hydrogen) atoms. The van der Waals surface area contributed by atoms with Crippen molar-refractivity contribution in [1.29, 1.82) is 0 Å². The highest BCUT2D eigenvalue weighted by atomic mass is 16.4. The van der Waals surface area contributed by atoms with E-state index in [2.05, 4.69) is 10.1 Å². The number of aromatic nitrogens is 3. The molecular formula is C9H13N3O2. The Balaban J connectivity index is 2.17. The van der Waals surface area contributed by atoms with Crippen LogP contribution in [-0.2, 0) is 18.3 Å². The topological polar surface area (TPSA) is 68.0 Å². The molecule has 5 heteroatoms. The fourth-order valence-corrected chi connectivity index (χ4v) is 1.85. The van der Waals surface area contributed by atoms with E-state index < -0.39 is 11.4 Å². The molecule has 0 aliphatic heterocycles. The molecule has 1 fully saturated rings. The highest BCUT2D eigenvalue weighted by molar-refractivity contribution is 5.76. The molecule has 0 unspecified atom stereocenters. The summed E-state index contributed by atoms with van der Waals surface area (Å²) in [5, 5.41) is 13.0. The molecular weight excluding hydrogens is 182 g/mol. The van der Waals surface area contributed by atoms with Gasteiger partial charge in [-0.3, -0.25) is 9.48 Å². The van der Waals surface area contributed by atoms with Crippen molar-refractivity contribution in [2.24, 2.45) is 12.5 Å². The van der Waals surface area contributed by atoms with Crippen LogP contribution in [0.25, 0.3) is 0 Å². The summed E-state index contributed by atoms with van der Waals surface area (Å²) in [5.41, 5.74) is -0.569. The Bertz CT molecular complexity index is 355. The van der Waals surface area contributed by atoms with Gasteiger partial charge in [-0.1, -0.05) is 6.42 Å². The van der Waals surface area contributed by atoms with E-state index in [1.165, 1.54) is 6.33 Å². The molecule has 1 N–H and O–H groups in total. The van der Waals surface area contributed by atoms with E-state index >= 15 is 0 Å². The predicted molar refractivity (Wildman–Crippen MR) is 48.6 cm³/mol. The van der Waals surface area contributed by atoms with Gasteiger partial charge in [0.2, 0.25) is 0 Å². The van der Waals surface area contributed by atoms with Crippen LogP contribution in [0.4, 0.5) is 0 Å². The van der Waals surface area contributed by atoms with Crippen molar-refractivity contribution in [3.8, 4) is 0 Å². The Hall–Kier alpha value is -1.39.